The largest absolute Gasteiger partial charge is 0.381 e. The second kappa shape index (κ2) is 6.85. The first-order valence-corrected chi connectivity index (χ1v) is 7.42. The molecule has 0 radical (unpaired) electrons. The first-order chi connectivity index (χ1) is 8.72. The molecule has 2 atom stereocenters. The average Bonchev–Trinajstić information content (AvgIpc) is 2.40. The predicted molar refractivity (Wildman–Crippen MR) is 74.9 cm³/mol. The summed E-state index contributed by atoms with van der Waals surface area (Å²) < 4.78 is 5.51. The smallest absolute Gasteiger partial charge is 0.0469 e. The van der Waals surface area contributed by atoms with Gasteiger partial charge in [-0.05, 0) is 39.4 Å². The highest BCUT2D eigenvalue weighted by molar-refractivity contribution is 4.93. The fourth-order valence-corrected chi connectivity index (χ4v) is 3.36. The zero-order valence-corrected chi connectivity index (χ0v) is 12.2. The van der Waals surface area contributed by atoms with Gasteiger partial charge in [0.05, 0.1) is 0 Å². The van der Waals surface area contributed by atoms with E-state index in [-0.39, 0.29) is 0 Å². The van der Waals surface area contributed by atoms with Gasteiger partial charge in [-0.15, -0.1) is 0 Å². The zero-order valence-electron chi connectivity index (χ0n) is 12.2. The van der Waals surface area contributed by atoms with Crippen molar-refractivity contribution in [3.8, 4) is 0 Å². The van der Waals surface area contributed by atoms with Gasteiger partial charge < -0.3 is 15.0 Å². The minimum atomic E-state index is 0.617. The average molecular weight is 255 g/mol. The van der Waals surface area contributed by atoms with E-state index >= 15 is 0 Å². The molecular formula is C14H29N3O. The summed E-state index contributed by atoms with van der Waals surface area (Å²) in [5.41, 5.74) is 0. The Balaban J connectivity index is 2.02. The van der Waals surface area contributed by atoms with E-state index in [4.69, 9.17) is 4.74 Å². The third-order valence-corrected chi connectivity index (χ3v) is 4.53. The zero-order chi connectivity index (χ0) is 13.0. The van der Waals surface area contributed by atoms with Crippen LogP contribution in [0.25, 0.3) is 0 Å². The quantitative estimate of drug-likeness (QED) is 0.798. The van der Waals surface area contributed by atoms with Gasteiger partial charge in [-0.1, -0.05) is 6.92 Å². The number of ether oxygens (including phenoxy) is 1. The van der Waals surface area contributed by atoms with Crippen LogP contribution < -0.4 is 5.32 Å². The molecule has 0 aromatic rings. The molecule has 2 rings (SSSR count). The number of nitrogens with zero attached hydrogens (tertiary/aromatic N) is 2. The van der Waals surface area contributed by atoms with E-state index in [0.717, 1.165) is 25.7 Å². The highest BCUT2D eigenvalue weighted by Gasteiger charge is 2.34. The van der Waals surface area contributed by atoms with Crippen LogP contribution in [0.4, 0.5) is 0 Å². The van der Waals surface area contributed by atoms with Crippen LogP contribution in [-0.4, -0.2) is 75.4 Å². The maximum absolute atomic E-state index is 5.51. The lowest BCUT2D eigenvalue weighted by Crippen LogP contribution is -2.61. The summed E-state index contributed by atoms with van der Waals surface area (Å²) in [5.74, 6) is 0.776. The van der Waals surface area contributed by atoms with Crippen LogP contribution in [0.5, 0.6) is 0 Å². The molecule has 4 heteroatoms. The van der Waals surface area contributed by atoms with E-state index in [0.29, 0.717) is 12.1 Å². The third-order valence-electron chi connectivity index (χ3n) is 4.53. The van der Waals surface area contributed by atoms with Crippen LogP contribution in [-0.2, 0) is 4.74 Å². The Kier molecular flexibility index (Phi) is 5.42. The molecular weight excluding hydrogens is 226 g/mol. The van der Waals surface area contributed by atoms with Crippen molar-refractivity contribution in [1.29, 1.82) is 0 Å². The molecule has 106 valence electrons. The van der Waals surface area contributed by atoms with Crippen LogP contribution in [0.2, 0.25) is 0 Å². The Bertz CT molecular complexity index is 243. The fourth-order valence-electron chi connectivity index (χ4n) is 3.36. The highest BCUT2D eigenvalue weighted by Crippen LogP contribution is 2.24. The van der Waals surface area contributed by atoms with Gasteiger partial charge in [0.25, 0.3) is 0 Å². The standard InChI is InChI=1S/C14H29N3O/c1-4-15-14(12-5-9-18-10-6-12)13-11-16(2)7-8-17(13)3/h12-15H,4-11H2,1-3H3. The lowest BCUT2D eigenvalue weighted by molar-refractivity contribution is 0.0187. The maximum atomic E-state index is 5.51. The monoisotopic (exact) mass is 255 g/mol. The lowest BCUT2D eigenvalue weighted by Gasteiger charge is -2.45. The number of likely N-dealkylation sites (N-methyl/N-ethyl adjacent to an activating group) is 3. The molecule has 0 amide bonds. The molecule has 2 saturated heterocycles. The summed E-state index contributed by atoms with van der Waals surface area (Å²) in [5, 5.41) is 3.75. The van der Waals surface area contributed by atoms with E-state index in [2.05, 4.69) is 36.1 Å². The Morgan fingerprint density at radius 3 is 2.61 bits per heavy atom. The van der Waals surface area contributed by atoms with Crippen molar-refractivity contribution >= 4 is 0 Å². The molecule has 0 spiro atoms. The van der Waals surface area contributed by atoms with Crippen LogP contribution in [0.1, 0.15) is 19.8 Å². The minimum Gasteiger partial charge on any atom is -0.381 e. The Morgan fingerprint density at radius 1 is 1.22 bits per heavy atom. The van der Waals surface area contributed by atoms with E-state index < -0.39 is 0 Å². The van der Waals surface area contributed by atoms with E-state index in [1.54, 1.807) is 0 Å². The number of nitrogens with one attached hydrogen (secondary N) is 1. The lowest BCUT2D eigenvalue weighted by atomic mass is 9.85. The van der Waals surface area contributed by atoms with Gasteiger partial charge in [0, 0.05) is 44.9 Å². The van der Waals surface area contributed by atoms with Crippen molar-refractivity contribution in [1.82, 2.24) is 15.1 Å². The van der Waals surface area contributed by atoms with E-state index in [1.807, 2.05) is 0 Å². The minimum absolute atomic E-state index is 0.617. The predicted octanol–water partition coefficient (Wildman–Crippen LogP) is 0.637. The van der Waals surface area contributed by atoms with Crippen molar-refractivity contribution in [3.63, 3.8) is 0 Å². The van der Waals surface area contributed by atoms with Gasteiger partial charge in [0.15, 0.2) is 0 Å². The first-order valence-electron chi connectivity index (χ1n) is 7.42. The molecule has 2 aliphatic heterocycles. The highest BCUT2D eigenvalue weighted by atomic mass is 16.5. The molecule has 2 unspecified atom stereocenters. The molecule has 1 N–H and O–H groups in total. The van der Waals surface area contributed by atoms with E-state index in [1.165, 1.54) is 32.5 Å². The number of rotatable bonds is 4. The van der Waals surface area contributed by atoms with Gasteiger partial charge >= 0.3 is 0 Å². The maximum Gasteiger partial charge on any atom is 0.0469 e. The number of piperazine rings is 1. The SMILES string of the molecule is CCNC(C1CCOCC1)C1CN(C)CCN1C. The number of hydrogen-bond donors (Lipinski definition) is 1. The second-order valence-electron chi connectivity index (χ2n) is 5.84. The third kappa shape index (κ3) is 3.44. The van der Waals surface area contributed by atoms with Crippen LogP contribution in [0, 0.1) is 5.92 Å². The summed E-state index contributed by atoms with van der Waals surface area (Å²) >= 11 is 0. The molecule has 0 bridgehead atoms. The molecule has 18 heavy (non-hydrogen) atoms. The summed E-state index contributed by atoms with van der Waals surface area (Å²) in [6.45, 7) is 8.74. The van der Waals surface area contributed by atoms with Crippen molar-refractivity contribution in [3.05, 3.63) is 0 Å². The molecule has 2 aliphatic rings. The molecule has 2 fully saturated rings. The number of hydrogen-bond acceptors (Lipinski definition) is 4. The first kappa shape index (κ1) is 14.3. The summed E-state index contributed by atoms with van der Waals surface area (Å²) in [6.07, 6.45) is 2.43. The topological polar surface area (TPSA) is 27.7 Å². The normalized spacial score (nSPS) is 30.5. The summed E-state index contributed by atoms with van der Waals surface area (Å²) in [7, 11) is 4.52. The van der Waals surface area contributed by atoms with Crippen LogP contribution >= 0.6 is 0 Å². The Hall–Kier alpha value is -0.160. The van der Waals surface area contributed by atoms with Crippen molar-refractivity contribution in [2.45, 2.75) is 31.8 Å². The summed E-state index contributed by atoms with van der Waals surface area (Å²) in [6, 6.07) is 1.26. The van der Waals surface area contributed by atoms with Crippen LogP contribution in [0.3, 0.4) is 0 Å². The van der Waals surface area contributed by atoms with Gasteiger partial charge in [0.2, 0.25) is 0 Å². The second-order valence-corrected chi connectivity index (χ2v) is 5.84. The van der Waals surface area contributed by atoms with E-state index in [9.17, 15) is 0 Å². The van der Waals surface area contributed by atoms with Gasteiger partial charge in [-0.3, -0.25) is 4.90 Å². The molecule has 0 saturated carbocycles. The molecule has 4 nitrogen and oxygen atoms in total. The van der Waals surface area contributed by atoms with Gasteiger partial charge in [0.1, 0.15) is 0 Å². The molecule has 0 aromatic carbocycles. The molecule has 0 aliphatic carbocycles. The molecule has 2 heterocycles. The van der Waals surface area contributed by atoms with Crippen LogP contribution in [0.15, 0.2) is 0 Å². The van der Waals surface area contributed by atoms with Gasteiger partial charge in [-0.2, -0.15) is 0 Å². The Labute approximate surface area is 112 Å². The molecule has 0 aromatic heterocycles. The fraction of sp³-hybridized carbons (Fsp3) is 1.00. The van der Waals surface area contributed by atoms with Gasteiger partial charge in [-0.25, -0.2) is 0 Å². The van der Waals surface area contributed by atoms with Crippen molar-refractivity contribution < 1.29 is 4.74 Å². The van der Waals surface area contributed by atoms with Crippen molar-refractivity contribution in [2.24, 2.45) is 5.92 Å². The Morgan fingerprint density at radius 2 is 1.94 bits per heavy atom. The van der Waals surface area contributed by atoms with Crippen molar-refractivity contribution in [2.75, 3.05) is 53.5 Å². The summed E-state index contributed by atoms with van der Waals surface area (Å²) in [4.78, 5) is 5.01.